The van der Waals surface area contributed by atoms with Gasteiger partial charge in [-0.15, -0.1) is 13.2 Å². The maximum absolute atomic E-state index is 12.8. The van der Waals surface area contributed by atoms with Gasteiger partial charge in [-0.1, -0.05) is 18.2 Å². The van der Waals surface area contributed by atoms with Crippen LogP contribution in [-0.2, 0) is 0 Å². The molecular weight excluding hydrogens is 219 g/mol. The van der Waals surface area contributed by atoms with Crippen LogP contribution < -0.4 is 5.01 Å². The smallest absolute Gasteiger partial charge is 0.172 e. The van der Waals surface area contributed by atoms with E-state index < -0.39 is 6.30 Å². The molecule has 0 N–H and O–H groups in total. The number of halogens is 3. The Balaban J connectivity index is 2.45. The van der Waals surface area contributed by atoms with Crippen LogP contribution >= 0.6 is 0 Å². The van der Waals surface area contributed by atoms with E-state index in [1.807, 2.05) is 0 Å². The number of hydrogen-bond donors (Lipinski definition) is 0. The van der Waals surface area contributed by atoms with Crippen molar-refractivity contribution in [1.29, 1.82) is 0 Å². The fourth-order valence-electron chi connectivity index (χ4n) is 1.33. The second-order valence-corrected chi connectivity index (χ2v) is 3.04. The first-order valence-corrected chi connectivity index (χ1v) is 4.51. The highest BCUT2D eigenvalue weighted by Gasteiger charge is 2.39. The molecule has 0 saturated heterocycles. The number of rotatable bonds is 2. The molecule has 0 fully saturated rings. The zero-order valence-corrected chi connectivity index (χ0v) is 8.09. The van der Waals surface area contributed by atoms with E-state index >= 15 is 0 Å². The van der Waals surface area contributed by atoms with Crippen LogP contribution in [0.5, 0.6) is 0 Å². The van der Waals surface area contributed by atoms with Gasteiger partial charge in [-0.05, 0) is 18.2 Å². The molecule has 0 saturated carbocycles. The number of para-hydroxylation sites is 1. The maximum Gasteiger partial charge on any atom is 0.505 e. The Morgan fingerprint density at radius 2 is 1.75 bits per heavy atom. The van der Waals surface area contributed by atoms with E-state index in [1.54, 1.807) is 6.07 Å². The summed E-state index contributed by atoms with van der Waals surface area (Å²) in [6.45, 7) is 0. The van der Waals surface area contributed by atoms with E-state index in [1.165, 1.54) is 42.7 Å². The molecular formula is C10H8F3N3. The van der Waals surface area contributed by atoms with E-state index in [0.717, 1.165) is 4.79 Å². The van der Waals surface area contributed by atoms with Crippen LogP contribution in [0.25, 0.3) is 0 Å². The number of nitrogens with zero attached hydrogens (tertiary/aromatic N) is 3. The first kappa shape index (κ1) is 10.5. The highest BCUT2D eigenvalue weighted by molar-refractivity contribution is 5.45. The largest absolute Gasteiger partial charge is 0.505 e. The van der Waals surface area contributed by atoms with Gasteiger partial charge in [0.1, 0.15) is 0 Å². The summed E-state index contributed by atoms with van der Waals surface area (Å²) in [7, 11) is 0. The number of benzene rings is 1. The topological polar surface area (TPSA) is 21.1 Å². The third-order valence-electron chi connectivity index (χ3n) is 1.94. The molecule has 1 aromatic heterocycles. The summed E-state index contributed by atoms with van der Waals surface area (Å²) in [5.74, 6) is 0. The van der Waals surface area contributed by atoms with Crippen LogP contribution in [0.15, 0.2) is 48.8 Å². The van der Waals surface area contributed by atoms with Crippen molar-refractivity contribution < 1.29 is 13.2 Å². The van der Waals surface area contributed by atoms with Crippen LogP contribution in [0, 0.1) is 0 Å². The van der Waals surface area contributed by atoms with Crippen molar-refractivity contribution in [3.05, 3.63) is 48.8 Å². The first-order valence-electron chi connectivity index (χ1n) is 4.51. The summed E-state index contributed by atoms with van der Waals surface area (Å²) in [4.78, 5) is 0.745. The van der Waals surface area contributed by atoms with Gasteiger partial charge >= 0.3 is 6.30 Å². The Bertz CT molecular complexity index is 436. The standard InChI is InChI=1S/C10H8F3N3/c11-10(12,13)16(15-8-4-7-14-15)9-5-2-1-3-6-9/h1-8H. The monoisotopic (exact) mass is 227 g/mol. The molecule has 84 valence electrons. The summed E-state index contributed by atoms with van der Waals surface area (Å²) < 4.78 is 38.5. The molecule has 1 heterocycles. The SMILES string of the molecule is FC(F)(F)N(c1ccccc1)n1cccn1. The molecule has 2 aromatic rings. The lowest BCUT2D eigenvalue weighted by atomic mass is 10.3. The zero-order chi connectivity index (χ0) is 11.6. The minimum atomic E-state index is -4.52. The lowest BCUT2D eigenvalue weighted by Crippen LogP contribution is -2.42. The second-order valence-electron chi connectivity index (χ2n) is 3.04. The third kappa shape index (κ3) is 2.00. The molecule has 0 unspecified atom stereocenters. The molecule has 0 aliphatic carbocycles. The van der Waals surface area contributed by atoms with E-state index in [9.17, 15) is 13.2 Å². The molecule has 3 nitrogen and oxygen atoms in total. The van der Waals surface area contributed by atoms with Gasteiger partial charge in [-0.3, -0.25) is 0 Å². The fourth-order valence-corrected chi connectivity index (χ4v) is 1.33. The highest BCUT2D eigenvalue weighted by atomic mass is 19.4. The summed E-state index contributed by atoms with van der Waals surface area (Å²) in [6.07, 6.45) is -1.99. The molecule has 0 amide bonds. The Kier molecular flexibility index (Phi) is 2.55. The van der Waals surface area contributed by atoms with Gasteiger partial charge < -0.3 is 0 Å². The lowest BCUT2D eigenvalue weighted by Gasteiger charge is -2.26. The van der Waals surface area contributed by atoms with E-state index in [4.69, 9.17) is 0 Å². The van der Waals surface area contributed by atoms with Crippen LogP contribution in [0.4, 0.5) is 18.9 Å². The van der Waals surface area contributed by atoms with Crippen LogP contribution in [0.2, 0.25) is 0 Å². The van der Waals surface area contributed by atoms with Crippen molar-refractivity contribution >= 4 is 5.69 Å². The van der Waals surface area contributed by atoms with Gasteiger partial charge in [-0.25, -0.2) is 0 Å². The highest BCUT2D eigenvalue weighted by Crippen LogP contribution is 2.28. The Labute approximate surface area is 89.7 Å². The van der Waals surface area contributed by atoms with Gasteiger partial charge in [0, 0.05) is 6.20 Å². The first-order chi connectivity index (χ1) is 7.59. The van der Waals surface area contributed by atoms with Crippen molar-refractivity contribution in [3.63, 3.8) is 0 Å². The zero-order valence-electron chi connectivity index (χ0n) is 8.09. The van der Waals surface area contributed by atoms with Crippen molar-refractivity contribution in [2.75, 3.05) is 5.01 Å². The Hall–Kier alpha value is -1.98. The molecule has 6 heteroatoms. The second kappa shape index (κ2) is 3.88. The van der Waals surface area contributed by atoms with Crippen LogP contribution in [0.1, 0.15) is 0 Å². The molecule has 0 atom stereocenters. The van der Waals surface area contributed by atoms with E-state index in [0.29, 0.717) is 0 Å². The summed E-state index contributed by atoms with van der Waals surface area (Å²) in [5, 5.41) is 3.74. The van der Waals surface area contributed by atoms with Gasteiger partial charge in [0.15, 0.2) is 0 Å². The fraction of sp³-hybridized carbons (Fsp3) is 0.100. The molecule has 2 rings (SSSR count). The molecule has 0 spiro atoms. The molecule has 0 aliphatic heterocycles. The third-order valence-corrected chi connectivity index (χ3v) is 1.94. The molecule has 0 bridgehead atoms. The molecule has 0 aliphatic rings. The van der Waals surface area contributed by atoms with E-state index in [2.05, 4.69) is 5.10 Å². The quantitative estimate of drug-likeness (QED) is 0.735. The predicted octanol–water partition coefficient (Wildman–Crippen LogP) is 2.67. The summed E-state index contributed by atoms with van der Waals surface area (Å²) in [6, 6.07) is 8.91. The van der Waals surface area contributed by atoms with Crippen molar-refractivity contribution in [2.24, 2.45) is 0 Å². The van der Waals surface area contributed by atoms with Crippen LogP contribution in [-0.4, -0.2) is 16.2 Å². The molecule has 16 heavy (non-hydrogen) atoms. The number of hydrogen-bond acceptors (Lipinski definition) is 2. The normalized spacial score (nSPS) is 11.4. The van der Waals surface area contributed by atoms with Crippen molar-refractivity contribution in [2.45, 2.75) is 6.30 Å². The Morgan fingerprint density at radius 3 is 2.25 bits per heavy atom. The lowest BCUT2D eigenvalue weighted by molar-refractivity contribution is -0.138. The van der Waals surface area contributed by atoms with Crippen molar-refractivity contribution in [1.82, 2.24) is 9.89 Å². The minimum absolute atomic E-state index is 0.0127. The van der Waals surface area contributed by atoms with Gasteiger partial charge in [-0.2, -0.15) is 14.9 Å². The van der Waals surface area contributed by atoms with Crippen LogP contribution in [0.3, 0.4) is 0 Å². The average molecular weight is 227 g/mol. The number of anilines is 1. The van der Waals surface area contributed by atoms with Gasteiger partial charge in [0.25, 0.3) is 0 Å². The maximum atomic E-state index is 12.8. The number of aromatic nitrogens is 2. The van der Waals surface area contributed by atoms with Gasteiger partial charge in [0.2, 0.25) is 0 Å². The van der Waals surface area contributed by atoms with Gasteiger partial charge in [0.05, 0.1) is 11.9 Å². The molecule has 1 aromatic carbocycles. The molecule has 0 radical (unpaired) electrons. The van der Waals surface area contributed by atoms with E-state index in [-0.39, 0.29) is 10.7 Å². The Morgan fingerprint density at radius 1 is 1.06 bits per heavy atom. The average Bonchev–Trinajstić information content (AvgIpc) is 2.71. The predicted molar refractivity (Wildman–Crippen MR) is 52.6 cm³/mol. The number of alkyl halides is 3. The summed E-state index contributed by atoms with van der Waals surface area (Å²) in [5.41, 5.74) is 0.0127. The van der Waals surface area contributed by atoms with Crippen molar-refractivity contribution in [3.8, 4) is 0 Å². The summed E-state index contributed by atoms with van der Waals surface area (Å²) >= 11 is 0. The minimum Gasteiger partial charge on any atom is -0.172 e.